The van der Waals surface area contributed by atoms with E-state index in [-0.39, 0.29) is 11.5 Å². The van der Waals surface area contributed by atoms with E-state index in [1.54, 1.807) is 12.1 Å². The number of furan rings is 1. The van der Waals surface area contributed by atoms with Crippen LogP contribution in [0.3, 0.4) is 0 Å². The third-order valence-electron chi connectivity index (χ3n) is 4.86. The lowest BCUT2D eigenvalue weighted by Gasteiger charge is -2.08. The normalized spacial score (nSPS) is 11.1. The summed E-state index contributed by atoms with van der Waals surface area (Å²) in [7, 11) is 0. The monoisotopic (exact) mass is 356 g/mol. The number of benzene rings is 3. The maximum atomic E-state index is 13.0. The van der Waals surface area contributed by atoms with Crippen LogP contribution in [0.25, 0.3) is 22.3 Å². The predicted octanol–water partition coefficient (Wildman–Crippen LogP) is 5.96. The molecule has 1 aromatic heterocycles. The molecule has 0 fully saturated rings. The molecule has 4 rings (SSSR count). The van der Waals surface area contributed by atoms with Crippen LogP contribution in [-0.4, -0.2) is 10.9 Å². The summed E-state index contributed by atoms with van der Waals surface area (Å²) in [5, 5.41) is 10.3. The number of fused-ring (bicyclic) bond motifs is 1. The van der Waals surface area contributed by atoms with Gasteiger partial charge < -0.3 is 9.52 Å². The fourth-order valence-corrected chi connectivity index (χ4v) is 3.72. The Morgan fingerprint density at radius 3 is 2.22 bits per heavy atom. The van der Waals surface area contributed by atoms with Gasteiger partial charge in [0.15, 0.2) is 5.78 Å². The summed E-state index contributed by atoms with van der Waals surface area (Å²) in [6.07, 6.45) is 0. The first-order valence-electron chi connectivity index (χ1n) is 8.88. The van der Waals surface area contributed by atoms with Crippen LogP contribution in [0, 0.1) is 20.8 Å². The van der Waals surface area contributed by atoms with E-state index in [1.807, 2.05) is 24.3 Å². The Morgan fingerprint density at radius 2 is 1.56 bits per heavy atom. The van der Waals surface area contributed by atoms with E-state index in [2.05, 4.69) is 32.9 Å². The van der Waals surface area contributed by atoms with Gasteiger partial charge in [-0.15, -0.1) is 0 Å². The summed E-state index contributed by atoms with van der Waals surface area (Å²) in [6.45, 7) is 6.23. The lowest BCUT2D eigenvalue weighted by Crippen LogP contribution is -2.01. The summed E-state index contributed by atoms with van der Waals surface area (Å²) in [5.41, 5.74) is 6.40. The molecule has 3 aromatic carbocycles. The highest BCUT2D eigenvalue weighted by Crippen LogP contribution is 2.35. The van der Waals surface area contributed by atoms with E-state index < -0.39 is 0 Å². The number of hydrogen-bond acceptors (Lipinski definition) is 3. The van der Waals surface area contributed by atoms with Crippen molar-refractivity contribution < 1.29 is 14.3 Å². The number of ketones is 1. The number of aryl methyl sites for hydroxylation is 3. The van der Waals surface area contributed by atoms with E-state index >= 15 is 0 Å². The molecule has 0 unspecified atom stereocenters. The van der Waals surface area contributed by atoms with Crippen LogP contribution in [0.1, 0.15) is 32.6 Å². The molecule has 0 amide bonds. The van der Waals surface area contributed by atoms with Crippen LogP contribution in [-0.2, 0) is 0 Å². The molecule has 0 bridgehead atoms. The smallest absolute Gasteiger partial charge is 0.193 e. The first-order chi connectivity index (χ1) is 12.9. The van der Waals surface area contributed by atoms with Gasteiger partial charge in [0.2, 0.25) is 0 Å². The molecule has 0 radical (unpaired) electrons. The zero-order chi connectivity index (χ0) is 19.1. The molecule has 0 saturated heterocycles. The number of phenols is 1. The standard InChI is InChI=1S/C24H20O3/c1-14-11-15(2)23(16(3)12-14)22-13-20-19(5-4-6-21(20)27-22)24(26)17-7-9-18(25)10-8-17/h4-13,25H,1-3H3. The average Bonchev–Trinajstić information content (AvgIpc) is 3.04. The number of carbonyl (C=O) groups is 1. The Labute approximate surface area is 157 Å². The van der Waals surface area contributed by atoms with Crippen LogP contribution in [0.15, 0.2) is 65.1 Å². The van der Waals surface area contributed by atoms with Crippen LogP contribution < -0.4 is 0 Å². The second kappa shape index (κ2) is 6.44. The fraction of sp³-hybridized carbons (Fsp3) is 0.125. The maximum absolute atomic E-state index is 13.0. The van der Waals surface area contributed by atoms with E-state index in [0.29, 0.717) is 16.7 Å². The zero-order valence-corrected chi connectivity index (χ0v) is 15.5. The van der Waals surface area contributed by atoms with Gasteiger partial charge in [-0.05, 0) is 68.3 Å². The lowest BCUT2D eigenvalue weighted by atomic mass is 9.96. The van der Waals surface area contributed by atoms with Crippen molar-refractivity contribution in [1.82, 2.24) is 0 Å². The minimum Gasteiger partial charge on any atom is -0.508 e. The van der Waals surface area contributed by atoms with Gasteiger partial charge in [-0.1, -0.05) is 29.8 Å². The van der Waals surface area contributed by atoms with E-state index in [0.717, 1.165) is 27.8 Å². The number of aromatic hydroxyl groups is 1. The van der Waals surface area contributed by atoms with Crippen LogP contribution in [0.5, 0.6) is 5.75 Å². The van der Waals surface area contributed by atoms with E-state index in [1.165, 1.54) is 17.7 Å². The van der Waals surface area contributed by atoms with E-state index in [9.17, 15) is 9.90 Å². The van der Waals surface area contributed by atoms with Gasteiger partial charge >= 0.3 is 0 Å². The van der Waals surface area contributed by atoms with Gasteiger partial charge in [0, 0.05) is 22.1 Å². The summed E-state index contributed by atoms with van der Waals surface area (Å²) in [5.74, 6) is 0.817. The summed E-state index contributed by atoms with van der Waals surface area (Å²) in [4.78, 5) is 13.0. The van der Waals surface area contributed by atoms with Crippen molar-refractivity contribution in [2.75, 3.05) is 0 Å². The average molecular weight is 356 g/mol. The van der Waals surface area contributed by atoms with Crippen molar-refractivity contribution in [3.8, 4) is 17.1 Å². The van der Waals surface area contributed by atoms with Gasteiger partial charge in [0.25, 0.3) is 0 Å². The largest absolute Gasteiger partial charge is 0.508 e. The summed E-state index contributed by atoms with van der Waals surface area (Å²) < 4.78 is 6.11. The fourth-order valence-electron chi connectivity index (χ4n) is 3.72. The molecular weight excluding hydrogens is 336 g/mol. The highest BCUT2D eigenvalue weighted by molar-refractivity contribution is 6.16. The summed E-state index contributed by atoms with van der Waals surface area (Å²) in [6, 6.07) is 18.1. The van der Waals surface area contributed by atoms with Crippen LogP contribution >= 0.6 is 0 Å². The molecule has 0 saturated carbocycles. The first kappa shape index (κ1) is 17.1. The Kier molecular flexibility index (Phi) is 4.08. The number of rotatable bonds is 3. The Morgan fingerprint density at radius 1 is 0.889 bits per heavy atom. The Bertz CT molecular complexity index is 1140. The molecule has 3 heteroatoms. The highest BCUT2D eigenvalue weighted by Gasteiger charge is 2.18. The Balaban J connectivity index is 1.86. The predicted molar refractivity (Wildman–Crippen MR) is 107 cm³/mol. The SMILES string of the molecule is Cc1cc(C)c(-c2cc3c(C(=O)c4ccc(O)cc4)cccc3o2)c(C)c1. The molecule has 1 heterocycles. The minimum atomic E-state index is -0.0923. The third kappa shape index (κ3) is 3.02. The molecule has 0 atom stereocenters. The maximum Gasteiger partial charge on any atom is 0.193 e. The topological polar surface area (TPSA) is 50.4 Å². The van der Waals surface area contributed by atoms with Gasteiger partial charge in [0.1, 0.15) is 17.1 Å². The van der Waals surface area contributed by atoms with E-state index in [4.69, 9.17) is 4.42 Å². The third-order valence-corrected chi connectivity index (χ3v) is 4.86. The van der Waals surface area contributed by atoms with Crippen molar-refractivity contribution in [3.05, 3.63) is 88.5 Å². The van der Waals surface area contributed by atoms with Gasteiger partial charge in [-0.3, -0.25) is 4.79 Å². The molecule has 3 nitrogen and oxygen atoms in total. The molecule has 0 aliphatic rings. The molecule has 0 aliphatic heterocycles. The van der Waals surface area contributed by atoms with Crippen LogP contribution in [0.2, 0.25) is 0 Å². The molecule has 4 aromatic rings. The minimum absolute atomic E-state index is 0.0923. The summed E-state index contributed by atoms with van der Waals surface area (Å²) >= 11 is 0. The Hall–Kier alpha value is -3.33. The quantitative estimate of drug-likeness (QED) is 0.461. The van der Waals surface area contributed by atoms with Crippen molar-refractivity contribution in [2.45, 2.75) is 20.8 Å². The second-order valence-electron chi connectivity index (χ2n) is 6.98. The number of phenolic OH excluding ortho intramolecular Hbond substituents is 1. The highest BCUT2D eigenvalue weighted by atomic mass is 16.3. The van der Waals surface area contributed by atoms with Crippen molar-refractivity contribution in [2.24, 2.45) is 0 Å². The number of hydrogen-bond donors (Lipinski definition) is 1. The van der Waals surface area contributed by atoms with Crippen molar-refractivity contribution >= 4 is 16.8 Å². The van der Waals surface area contributed by atoms with Crippen molar-refractivity contribution in [3.63, 3.8) is 0 Å². The lowest BCUT2D eigenvalue weighted by molar-refractivity contribution is 0.104. The van der Waals surface area contributed by atoms with Gasteiger partial charge in [0.05, 0.1) is 0 Å². The van der Waals surface area contributed by atoms with Crippen LogP contribution in [0.4, 0.5) is 0 Å². The van der Waals surface area contributed by atoms with Gasteiger partial charge in [-0.25, -0.2) is 0 Å². The molecule has 134 valence electrons. The van der Waals surface area contributed by atoms with Crippen molar-refractivity contribution in [1.29, 1.82) is 0 Å². The molecule has 27 heavy (non-hydrogen) atoms. The molecule has 0 spiro atoms. The first-order valence-corrected chi connectivity index (χ1v) is 8.88. The molecule has 1 N–H and O–H groups in total. The van der Waals surface area contributed by atoms with Gasteiger partial charge in [-0.2, -0.15) is 0 Å². The zero-order valence-electron chi connectivity index (χ0n) is 15.5. The molecule has 0 aliphatic carbocycles. The number of carbonyl (C=O) groups excluding carboxylic acids is 1. The molecular formula is C24H20O3. The second-order valence-corrected chi connectivity index (χ2v) is 6.98.